The monoisotopic (exact) mass is 402 g/mol. The number of nitrogens with one attached hydrogen (secondary N) is 1. The summed E-state index contributed by atoms with van der Waals surface area (Å²) in [7, 11) is -3.95. The van der Waals surface area contributed by atoms with Crippen LogP contribution in [0.25, 0.3) is 0 Å². The summed E-state index contributed by atoms with van der Waals surface area (Å²) in [6.07, 6.45) is -0.323. The summed E-state index contributed by atoms with van der Waals surface area (Å²) in [5.74, 6) is -0.209. The molecule has 0 fully saturated rings. The van der Waals surface area contributed by atoms with Crippen LogP contribution in [0.2, 0.25) is 0 Å². The molecule has 8 heteroatoms. The van der Waals surface area contributed by atoms with Gasteiger partial charge in [-0.25, -0.2) is 13.2 Å². The minimum atomic E-state index is -3.95. The van der Waals surface area contributed by atoms with E-state index in [9.17, 15) is 18.0 Å². The summed E-state index contributed by atoms with van der Waals surface area (Å²) in [5, 5.41) is 2.50. The molecule has 7 nitrogen and oxygen atoms in total. The average Bonchev–Trinajstić information content (AvgIpc) is 2.67. The third kappa shape index (κ3) is 4.07. The fourth-order valence-electron chi connectivity index (χ4n) is 3.25. The van der Waals surface area contributed by atoms with Gasteiger partial charge in [0.05, 0.1) is 17.5 Å². The molecule has 0 saturated carbocycles. The number of nitrogens with zero attached hydrogens (tertiary/aromatic N) is 1. The van der Waals surface area contributed by atoms with E-state index < -0.39 is 22.2 Å². The summed E-state index contributed by atoms with van der Waals surface area (Å²) >= 11 is 0. The second kappa shape index (κ2) is 8.12. The van der Waals surface area contributed by atoms with Crippen molar-refractivity contribution in [3.63, 3.8) is 0 Å². The number of carbonyl (C=O) groups is 2. The fraction of sp³-hybridized carbons (Fsp3) is 0.300. The van der Waals surface area contributed by atoms with Gasteiger partial charge < -0.3 is 4.74 Å². The number of hydrogen-bond donors (Lipinski definition) is 1. The molecule has 1 aliphatic rings. The fourth-order valence-corrected chi connectivity index (χ4v) is 4.92. The molecule has 1 atom stereocenters. The lowest BCUT2D eigenvalue weighted by Crippen LogP contribution is -2.47. The molecule has 1 N–H and O–H groups in total. The Bertz CT molecular complexity index is 1000. The summed E-state index contributed by atoms with van der Waals surface area (Å²) in [4.78, 5) is 23.8. The lowest BCUT2D eigenvalue weighted by Gasteiger charge is -2.34. The molecule has 1 unspecified atom stereocenters. The van der Waals surface area contributed by atoms with Crippen LogP contribution in [0.3, 0.4) is 0 Å². The van der Waals surface area contributed by atoms with Crippen LogP contribution >= 0.6 is 0 Å². The zero-order valence-electron chi connectivity index (χ0n) is 15.7. The van der Waals surface area contributed by atoms with Crippen molar-refractivity contribution in [3.05, 3.63) is 59.7 Å². The third-order valence-corrected chi connectivity index (χ3v) is 6.49. The largest absolute Gasteiger partial charge is 0.450 e. The first-order chi connectivity index (χ1) is 13.3. The van der Waals surface area contributed by atoms with Gasteiger partial charge in [0.25, 0.3) is 0 Å². The molecule has 0 aromatic heterocycles. The highest BCUT2D eigenvalue weighted by Gasteiger charge is 2.38. The van der Waals surface area contributed by atoms with Gasteiger partial charge in [0.2, 0.25) is 10.0 Å². The van der Waals surface area contributed by atoms with Crippen molar-refractivity contribution in [2.45, 2.75) is 37.8 Å². The highest BCUT2D eigenvalue weighted by Crippen LogP contribution is 2.30. The Hall–Kier alpha value is -2.71. The van der Waals surface area contributed by atoms with Crippen LogP contribution in [-0.4, -0.2) is 37.2 Å². The Morgan fingerprint density at radius 1 is 1.14 bits per heavy atom. The number of ketones is 1. The van der Waals surface area contributed by atoms with E-state index in [1.54, 1.807) is 13.0 Å². The normalized spacial score (nSPS) is 16.9. The second-order valence-corrected chi connectivity index (χ2v) is 8.41. The van der Waals surface area contributed by atoms with Gasteiger partial charge >= 0.3 is 6.09 Å². The quantitative estimate of drug-likeness (QED) is 0.830. The van der Waals surface area contributed by atoms with Crippen molar-refractivity contribution in [2.24, 2.45) is 0 Å². The molecule has 28 heavy (non-hydrogen) atoms. The number of carbonyl (C=O) groups excluding carboxylic acids is 2. The van der Waals surface area contributed by atoms with Crippen LogP contribution in [0.1, 0.15) is 25.0 Å². The number of Topliss-reactive ketones (excluding diaryl/α,β-unsaturated/α-hetero) is 1. The predicted molar refractivity (Wildman–Crippen MR) is 104 cm³/mol. The van der Waals surface area contributed by atoms with Crippen molar-refractivity contribution in [2.75, 3.05) is 11.9 Å². The number of ether oxygens (including phenoxy) is 1. The maximum Gasteiger partial charge on any atom is 0.411 e. The van der Waals surface area contributed by atoms with Crippen molar-refractivity contribution < 1.29 is 22.7 Å². The average molecular weight is 402 g/mol. The summed E-state index contributed by atoms with van der Waals surface area (Å²) < 4.78 is 32.7. The van der Waals surface area contributed by atoms with Crippen LogP contribution in [-0.2, 0) is 32.5 Å². The van der Waals surface area contributed by atoms with Gasteiger partial charge in [-0.1, -0.05) is 30.3 Å². The number of sulfonamides is 1. The minimum Gasteiger partial charge on any atom is -0.450 e. The van der Waals surface area contributed by atoms with E-state index >= 15 is 0 Å². The van der Waals surface area contributed by atoms with Gasteiger partial charge in [0, 0.05) is 12.2 Å². The van der Waals surface area contributed by atoms with Crippen molar-refractivity contribution in [3.8, 4) is 0 Å². The summed E-state index contributed by atoms with van der Waals surface area (Å²) in [5.41, 5.74) is 2.16. The van der Waals surface area contributed by atoms with Crippen molar-refractivity contribution in [1.29, 1.82) is 0 Å². The van der Waals surface area contributed by atoms with Crippen LogP contribution in [0.4, 0.5) is 10.5 Å². The molecular formula is C20H22N2O5S. The van der Waals surface area contributed by atoms with Crippen LogP contribution in [0.15, 0.2) is 53.4 Å². The highest BCUT2D eigenvalue weighted by molar-refractivity contribution is 7.89. The Morgan fingerprint density at radius 2 is 1.86 bits per heavy atom. The smallest absolute Gasteiger partial charge is 0.411 e. The van der Waals surface area contributed by atoms with Gasteiger partial charge in [-0.15, -0.1) is 0 Å². The molecule has 2 aromatic carbocycles. The minimum absolute atomic E-state index is 0.00688. The van der Waals surface area contributed by atoms with Crippen LogP contribution in [0, 0.1) is 0 Å². The molecular weight excluding hydrogens is 380 g/mol. The van der Waals surface area contributed by atoms with Crippen LogP contribution < -0.4 is 5.32 Å². The van der Waals surface area contributed by atoms with E-state index in [4.69, 9.17) is 4.74 Å². The lowest BCUT2D eigenvalue weighted by atomic mass is 9.94. The maximum atomic E-state index is 13.3. The third-order valence-electron chi connectivity index (χ3n) is 4.64. The van der Waals surface area contributed by atoms with Gasteiger partial charge in [0.15, 0.2) is 0 Å². The van der Waals surface area contributed by atoms with E-state index in [1.807, 2.05) is 24.3 Å². The first-order valence-electron chi connectivity index (χ1n) is 8.96. The molecule has 0 spiro atoms. The lowest BCUT2D eigenvalue weighted by molar-refractivity contribution is -0.120. The highest BCUT2D eigenvalue weighted by atomic mass is 32.2. The maximum absolute atomic E-state index is 13.3. The molecule has 0 aliphatic carbocycles. The summed E-state index contributed by atoms with van der Waals surface area (Å²) in [6, 6.07) is 12.7. The number of rotatable bonds is 5. The van der Waals surface area contributed by atoms with Gasteiger partial charge in [-0.05, 0) is 49.6 Å². The first-order valence-corrected chi connectivity index (χ1v) is 10.4. The number of anilines is 1. The topological polar surface area (TPSA) is 92.8 Å². The predicted octanol–water partition coefficient (Wildman–Crippen LogP) is 2.96. The summed E-state index contributed by atoms with van der Waals surface area (Å²) in [6.45, 7) is 3.41. The standard InChI is InChI=1S/C20H22N2O5S/c1-3-27-20(24)21-17-9-6-10-18(12-17)28(25,26)22-13-16-8-5-4-7-15(16)11-19(22)14(2)23/h4-10,12,19H,3,11,13H2,1-2H3,(H,21,24). The molecule has 1 aliphatic heterocycles. The van der Waals surface area contributed by atoms with E-state index in [0.29, 0.717) is 12.1 Å². The van der Waals surface area contributed by atoms with Crippen LogP contribution in [0.5, 0.6) is 0 Å². The van der Waals surface area contributed by atoms with E-state index in [2.05, 4.69) is 5.32 Å². The second-order valence-electron chi connectivity index (χ2n) is 6.52. The zero-order chi connectivity index (χ0) is 20.3. The molecule has 1 amide bonds. The molecule has 3 rings (SSSR count). The SMILES string of the molecule is CCOC(=O)Nc1cccc(S(=O)(=O)N2Cc3ccccc3CC2C(C)=O)c1. The molecule has 0 saturated heterocycles. The molecule has 2 aromatic rings. The van der Waals surface area contributed by atoms with Crippen molar-refractivity contribution in [1.82, 2.24) is 4.31 Å². The van der Waals surface area contributed by atoms with Gasteiger partial charge in [-0.2, -0.15) is 4.31 Å². The Labute approximate surface area is 164 Å². The molecule has 148 valence electrons. The Balaban J connectivity index is 1.95. The van der Waals surface area contributed by atoms with Crippen molar-refractivity contribution >= 4 is 27.6 Å². The van der Waals surface area contributed by atoms with Gasteiger partial charge in [-0.3, -0.25) is 10.1 Å². The number of amides is 1. The molecule has 0 bridgehead atoms. The van der Waals surface area contributed by atoms with E-state index in [0.717, 1.165) is 11.1 Å². The number of hydrogen-bond acceptors (Lipinski definition) is 5. The number of benzene rings is 2. The first kappa shape index (κ1) is 20.0. The van der Waals surface area contributed by atoms with Gasteiger partial charge in [0.1, 0.15) is 5.78 Å². The number of fused-ring (bicyclic) bond motifs is 1. The molecule has 0 radical (unpaired) electrons. The Morgan fingerprint density at radius 3 is 2.54 bits per heavy atom. The Kier molecular flexibility index (Phi) is 5.81. The zero-order valence-corrected chi connectivity index (χ0v) is 16.5. The molecule has 1 heterocycles. The van der Waals surface area contributed by atoms with E-state index in [-0.39, 0.29) is 23.8 Å². The van der Waals surface area contributed by atoms with E-state index in [1.165, 1.54) is 29.4 Å².